The number of carbonyl (C=O) groups is 1. The molecular weight excluding hydrogens is 250 g/mol. The summed E-state index contributed by atoms with van der Waals surface area (Å²) in [6.07, 6.45) is 0. The molecule has 0 aromatic heterocycles. The number of Topliss-reactive ketones (excluding diaryl/α,β-unsaturated/α-hetero) is 1. The van der Waals surface area contributed by atoms with E-state index in [9.17, 15) is 9.90 Å². The molecule has 3 nitrogen and oxygen atoms in total. The first-order valence-electron chi connectivity index (χ1n) is 6.27. The van der Waals surface area contributed by atoms with Gasteiger partial charge >= 0.3 is 0 Å². The Morgan fingerprint density at radius 3 is 2.20 bits per heavy atom. The molecule has 1 aliphatic rings. The van der Waals surface area contributed by atoms with Crippen LogP contribution in [-0.2, 0) is 0 Å². The molecule has 3 rings (SSSR count). The number of anilines is 1. The quantitative estimate of drug-likeness (QED) is 0.886. The largest absolute Gasteiger partial charge is 0.506 e. The van der Waals surface area contributed by atoms with Crippen LogP contribution in [0.4, 0.5) is 5.69 Å². The third-order valence-electron chi connectivity index (χ3n) is 3.26. The Morgan fingerprint density at radius 1 is 0.950 bits per heavy atom. The van der Waals surface area contributed by atoms with Gasteiger partial charge in [0.2, 0.25) is 0 Å². The second-order valence-electron chi connectivity index (χ2n) is 4.57. The van der Waals surface area contributed by atoms with Crippen molar-refractivity contribution in [1.82, 2.24) is 0 Å². The first kappa shape index (κ1) is 12.2. The van der Waals surface area contributed by atoms with Crippen molar-refractivity contribution in [1.29, 1.82) is 0 Å². The van der Waals surface area contributed by atoms with E-state index in [0.717, 1.165) is 5.69 Å². The van der Waals surface area contributed by atoms with E-state index in [-0.39, 0.29) is 17.1 Å². The first-order chi connectivity index (χ1) is 9.68. The van der Waals surface area contributed by atoms with Gasteiger partial charge in [-0.05, 0) is 12.1 Å². The van der Waals surface area contributed by atoms with Crippen molar-refractivity contribution >= 4 is 17.2 Å². The van der Waals surface area contributed by atoms with Gasteiger partial charge in [-0.1, -0.05) is 49.0 Å². The van der Waals surface area contributed by atoms with Crippen LogP contribution in [0.2, 0.25) is 0 Å². The summed E-state index contributed by atoms with van der Waals surface area (Å²) >= 11 is 0. The van der Waals surface area contributed by atoms with Gasteiger partial charge < -0.3 is 10.4 Å². The van der Waals surface area contributed by atoms with Crippen molar-refractivity contribution in [2.24, 2.45) is 0 Å². The second-order valence-corrected chi connectivity index (χ2v) is 4.57. The van der Waals surface area contributed by atoms with Gasteiger partial charge in [-0.2, -0.15) is 0 Å². The van der Waals surface area contributed by atoms with E-state index < -0.39 is 0 Å². The summed E-state index contributed by atoms with van der Waals surface area (Å²) in [5.41, 5.74) is 2.52. The standard InChI is InChI=1S/C17H13NO2/c1-11(18-12-7-3-2-4-8-12)15-16(19)13-9-5-6-10-14(13)17(15)20/h2-10,18-19H,1H2. The summed E-state index contributed by atoms with van der Waals surface area (Å²) in [6.45, 7) is 3.87. The van der Waals surface area contributed by atoms with E-state index >= 15 is 0 Å². The molecule has 0 amide bonds. The molecule has 0 radical (unpaired) electrons. The number of carbonyl (C=O) groups excluding carboxylic acids is 1. The Balaban J connectivity index is 1.94. The predicted molar refractivity (Wildman–Crippen MR) is 79.5 cm³/mol. The van der Waals surface area contributed by atoms with Gasteiger partial charge in [0, 0.05) is 22.5 Å². The Bertz CT molecular complexity index is 730. The molecule has 0 saturated carbocycles. The molecule has 2 aromatic carbocycles. The van der Waals surface area contributed by atoms with Crippen LogP contribution >= 0.6 is 0 Å². The third kappa shape index (κ3) is 1.89. The highest BCUT2D eigenvalue weighted by atomic mass is 16.3. The Labute approximate surface area is 116 Å². The lowest BCUT2D eigenvalue weighted by molar-refractivity contribution is 0.104. The van der Waals surface area contributed by atoms with Crippen LogP contribution in [0, 0.1) is 0 Å². The zero-order valence-corrected chi connectivity index (χ0v) is 10.8. The lowest BCUT2D eigenvalue weighted by Gasteiger charge is -2.10. The maximum atomic E-state index is 12.3. The SMILES string of the molecule is C=C(Nc1ccccc1)C1=C(O)c2ccccc2C1=O. The molecule has 0 unspecified atom stereocenters. The summed E-state index contributed by atoms with van der Waals surface area (Å²) < 4.78 is 0. The minimum absolute atomic E-state index is 0.0148. The van der Waals surface area contributed by atoms with E-state index in [2.05, 4.69) is 11.9 Å². The molecule has 98 valence electrons. The van der Waals surface area contributed by atoms with Crippen LogP contribution in [0.25, 0.3) is 5.76 Å². The minimum Gasteiger partial charge on any atom is -0.506 e. The summed E-state index contributed by atoms with van der Waals surface area (Å²) in [4.78, 5) is 12.3. The first-order valence-corrected chi connectivity index (χ1v) is 6.27. The van der Waals surface area contributed by atoms with Gasteiger partial charge in [-0.25, -0.2) is 0 Å². The van der Waals surface area contributed by atoms with E-state index in [1.165, 1.54) is 0 Å². The summed E-state index contributed by atoms with van der Waals surface area (Å²) in [6, 6.07) is 16.4. The van der Waals surface area contributed by atoms with Crippen LogP contribution in [-0.4, -0.2) is 10.9 Å². The lowest BCUT2D eigenvalue weighted by atomic mass is 10.1. The molecule has 0 fully saturated rings. The molecule has 2 aromatic rings. The monoisotopic (exact) mass is 263 g/mol. The van der Waals surface area contributed by atoms with Gasteiger partial charge in [0.25, 0.3) is 0 Å². The fourth-order valence-corrected chi connectivity index (χ4v) is 2.30. The Morgan fingerprint density at radius 2 is 1.55 bits per heavy atom. The maximum absolute atomic E-state index is 12.3. The van der Waals surface area contributed by atoms with Crippen LogP contribution < -0.4 is 5.32 Å². The second kappa shape index (κ2) is 4.70. The summed E-state index contributed by atoms with van der Waals surface area (Å²) in [5, 5.41) is 13.3. The van der Waals surface area contributed by atoms with Crippen LogP contribution in [0.3, 0.4) is 0 Å². The molecule has 0 bridgehead atoms. The number of ketones is 1. The van der Waals surface area contributed by atoms with Crippen molar-refractivity contribution in [3.8, 4) is 0 Å². The van der Waals surface area contributed by atoms with E-state index in [0.29, 0.717) is 16.8 Å². The molecule has 1 aliphatic carbocycles. The Kier molecular flexibility index (Phi) is 2.88. The van der Waals surface area contributed by atoms with Crippen LogP contribution in [0.5, 0.6) is 0 Å². The molecule has 0 saturated heterocycles. The number of benzene rings is 2. The molecule has 20 heavy (non-hydrogen) atoms. The molecule has 3 heteroatoms. The molecule has 0 heterocycles. The minimum atomic E-state index is -0.202. The summed E-state index contributed by atoms with van der Waals surface area (Å²) in [7, 11) is 0. The molecule has 0 atom stereocenters. The topological polar surface area (TPSA) is 49.3 Å². The number of rotatable bonds is 3. The van der Waals surface area contributed by atoms with Gasteiger partial charge in [-0.3, -0.25) is 4.79 Å². The molecular formula is C17H13NO2. The van der Waals surface area contributed by atoms with Crippen molar-refractivity contribution in [3.05, 3.63) is 83.6 Å². The average Bonchev–Trinajstić information content (AvgIpc) is 2.72. The number of hydrogen-bond donors (Lipinski definition) is 2. The van der Waals surface area contributed by atoms with E-state index in [1.54, 1.807) is 24.3 Å². The third-order valence-corrected chi connectivity index (χ3v) is 3.26. The number of para-hydroxylation sites is 1. The van der Waals surface area contributed by atoms with Crippen LogP contribution in [0.15, 0.2) is 72.4 Å². The van der Waals surface area contributed by atoms with Crippen molar-refractivity contribution in [2.45, 2.75) is 0 Å². The maximum Gasteiger partial charge on any atom is 0.199 e. The average molecular weight is 263 g/mol. The van der Waals surface area contributed by atoms with Crippen molar-refractivity contribution in [3.63, 3.8) is 0 Å². The highest BCUT2D eigenvalue weighted by Gasteiger charge is 2.30. The molecule has 0 aliphatic heterocycles. The van der Waals surface area contributed by atoms with E-state index in [4.69, 9.17) is 0 Å². The number of nitrogens with one attached hydrogen (secondary N) is 1. The predicted octanol–water partition coefficient (Wildman–Crippen LogP) is 3.78. The van der Waals surface area contributed by atoms with Gasteiger partial charge in [0.1, 0.15) is 5.76 Å². The fraction of sp³-hybridized carbons (Fsp3) is 0. The van der Waals surface area contributed by atoms with Gasteiger partial charge in [0.15, 0.2) is 5.78 Å². The van der Waals surface area contributed by atoms with Gasteiger partial charge in [0.05, 0.1) is 5.57 Å². The number of aliphatic hydroxyl groups excluding tert-OH is 1. The number of allylic oxidation sites excluding steroid dienone is 1. The number of fused-ring (bicyclic) bond motifs is 1. The molecule has 0 spiro atoms. The van der Waals surface area contributed by atoms with Crippen molar-refractivity contribution in [2.75, 3.05) is 5.32 Å². The Hall–Kier alpha value is -2.81. The fourth-order valence-electron chi connectivity index (χ4n) is 2.30. The van der Waals surface area contributed by atoms with Crippen molar-refractivity contribution < 1.29 is 9.90 Å². The highest BCUT2D eigenvalue weighted by Crippen LogP contribution is 2.34. The smallest absolute Gasteiger partial charge is 0.199 e. The lowest BCUT2D eigenvalue weighted by Crippen LogP contribution is -2.08. The highest BCUT2D eigenvalue weighted by molar-refractivity contribution is 6.22. The molecule has 2 N–H and O–H groups in total. The zero-order valence-electron chi connectivity index (χ0n) is 10.8. The normalized spacial score (nSPS) is 13.3. The van der Waals surface area contributed by atoms with E-state index in [1.807, 2.05) is 30.3 Å². The number of hydrogen-bond acceptors (Lipinski definition) is 3. The summed E-state index contributed by atoms with van der Waals surface area (Å²) in [5.74, 6) is -0.217. The van der Waals surface area contributed by atoms with Gasteiger partial charge in [-0.15, -0.1) is 0 Å². The number of aliphatic hydroxyl groups is 1. The zero-order chi connectivity index (χ0) is 14.1. The van der Waals surface area contributed by atoms with Crippen LogP contribution in [0.1, 0.15) is 15.9 Å².